The zero-order chi connectivity index (χ0) is 6.97. The van der Waals surface area contributed by atoms with Crippen molar-refractivity contribution in [2.75, 3.05) is 0 Å². The Balaban J connectivity index is 2.28. The summed E-state index contributed by atoms with van der Waals surface area (Å²) in [7, 11) is 3.89. The highest BCUT2D eigenvalue weighted by Gasteiger charge is 2.25. The van der Waals surface area contributed by atoms with Crippen molar-refractivity contribution >= 4 is 21.6 Å². The van der Waals surface area contributed by atoms with E-state index in [0.717, 1.165) is 4.58 Å². The Morgan fingerprint density at radius 2 is 1.70 bits per heavy atom. The molecular weight excluding hydrogens is 160 g/mol. The van der Waals surface area contributed by atoms with Gasteiger partial charge in [-0.05, 0) is 12.5 Å². The first-order valence-electron chi connectivity index (χ1n) is 3.25. The van der Waals surface area contributed by atoms with E-state index in [1.54, 1.807) is 0 Å². The number of hydrogen-bond donors (Lipinski definition) is 0. The number of benzene rings is 1. The maximum atomic E-state index is 2.22. The summed E-state index contributed by atoms with van der Waals surface area (Å²) < 4.78 is 0.737. The summed E-state index contributed by atoms with van der Waals surface area (Å²) in [4.78, 5) is 0. The van der Waals surface area contributed by atoms with Crippen molar-refractivity contribution in [3.63, 3.8) is 0 Å². The lowest BCUT2D eigenvalue weighted by Crippen LogP contribution is -1.76. The molecule has 1 aromatic rings. The summed E-state index contributed by atoms with van der Waals surface area (Å²) in [6, 6.07) is 8.78. The third-order valence-electron chi connectivity index (χ3n) is 1.54. The van der Waals surface area contributed by atoms with Crippen LogP contribution in [-0.4, -0.2) is 0 Å². The molecule has 52 valence electrons. The Hall–Kier alpha value is -0.0800. The monoisotopic (exact) mass is 168 g/mol. The fourth-order valence-electron chi connectivity index (χ4n) is 0.862. The van der Waals surface area contributed by atoms with Crippen molar-refractivity contribution in [3.05, 3.63) is 35.4 Å². The largest absolute Gasteiger partial charge is 0.0959 e. The lowest BCUT2D eigenvalue weighted by Gasteiger charge is -1.94. The topological polar surface area (TPSA) is 0 Å². The van der Waals surface area contributed by atoms with E-state index in [2.05, 4.69) is 31.2 Å². The standard InChI is InChI=1S/C8H8S2/c1-6-2-4-7(5-3-6)8-9-10-8/h2-5,8H,1H3. The summed E-state index contributed by atoms with van der Waals surface area (Å²) in [5.74, 6) is 0. The molecule has 1 saturated heterocycles. The van der Waals surface area contributed by atoms with Gasteiger partial charge in [-0.15, -0.1) is 0 Å². The second-order valence-electron chi connectivity index (χ2n) is 2.44. The lowest BCUT2D eigenvalue weighted by atomic mass is 10.2. The van der Waals surface area contributed by atoms with Crippen molar-refractivity contribution < 1.29 is 0 Å². The third-order valence-corrected chi connectivity index (χ3v) is 3.63. The van der Waals surface area contributed by atoms with E-state index >= 15 is 0 Å². The maximum absolute atomic E-state index is 2.22. The molecule has 0 spiro atoms. The van der Waals surface area contributed by atoms with Crippen LogP contribution >= 0.6 is 21.6 Å². The smallest absolute Gasteiger partial charge is 0.0724 e. The van der Waals surface area contributed by atoms with Gasteiger partial charge in [0, 0.05) is 0 Å². The van der Waals surface area contributed by atoms with Gasteiger partial charge in [-0.25, -0.2) is 0 Å². The second-order valence-corrected chi connectivity index (χ2v) is 5.22. The summed E-state index contributed by atoms with van der Waals surface area (Å²) in [5, 5.41) is 0. The van der Waals surface area contributed by atoms with E-state index in [0.29, 0.717) is 0 Å². The van der Waals surface area contributed by atoms with E-state index in [9.17, 15) is 0 Å². The lowest BCUT2D eigenvalue weighted by molar-refractivity contribution is 1.37. The highest BCUT2D eigenvalue weighted by atomic mass is 33.2. The molecule has 2 rings (SSSR count). The van der Waals surface area contributed by atoms with Crippen molar-refractivity contribution in [2.45, 2.75) is 11.5 Å². The van der Waals surface area contributed by atoms with E-state index in [1.165, 1.54) is 11.1 Å². The molecule has 1 fully saturated rings. The summed E-state index contributed by atoms with van der Waals surface area (Å²) >= 11 is 0. The van der Waals surface area contributed by atoms with Gasteiger partial charge < -0.3 is 0 Å². The number of hydrogen-bond acceptors (Lipinski definition) is 2. The molecule has 0 nitrogen and oxygen atoms in total. The summed E-state index contributed by atoms with van der Waals surface area (Å²) in [6.07, 6.45) is 0. The Morgan fingerprint density at radius 1 is 1.10 bits per heavy atom. The van der Waals surface area contributed by atoms with Gasteiger partial charge in [-0.1, -0.05) is 51.4 Å². The van der Waals surface area contributed by atoms with Crippen LogP contribution in [0.5, 0.6) is 0 Å². The highest BCUT2D eigenvalue weighted by molar-refractivity contribution is 8.92. The first-order chi connectivity index (χ1) is 4.86. The molecule has 1 aliphatic rings. The average molecular weight is 168 g/mol. The van der Waals surface area contributed by atoms with Crippen LogP contribution in [0.15, 0.2) is 24.3 Å². The minimum atomic E-state index is 0.737. The zero-order valence-corrected chi connectivity index (χ0v) is 7.34. The second kappa shape index (κ2) is 2.51. The van der Waals surface area contributed by atoms with Crippen LogP contribution < -0.4 is 0 Å². The maximum Gasteiger partial charge on any atom is 0.0959 e. The molecule has 0 amide bonds. The first-order valence-corrected chi connectivity index (χ1v) is 5.52. The average Bonchev–Trinajstić information content (AvgIpc) is 2.71. The predicted octanol–water partition coefficient (Wildman–Crippen LogP) is 3.39. The van der Waals surface area contributed by atoms with Gasteiger partial charge in [0.15, 0.2) is 0 Å². The van der Waals surface area contributed by atoms with Crippen LogP contribution in [-0.2, 0) is 0 Å². The first kappa shape index (κ1) is 6.62. The SMILES string of the molecule is Cc1ccc(C2SS2)cc1. The normalized spacial score (nSPS) is 17.3. The molecule has 0 unspecified atom stereocenters. The van der Waals surface area contributed by atoms with Crippen molar-refractivity contribution in [1.29, 1.82) is 0 Å². The van der Waals surface area contributed by atoms with Crippen molar-refractivity contribution in [3.8, 4) is 0 Å². The molecule has 0 bridgehead atoms. The number of aryl methyl sites for hydroxylation is 1. The molecule has 1 aliphatic heterocycles. The minimum absolute atomic E-state index is 0.737. The Morgan fingerprint density at radius 3 is 2.20 bits per heavy atom. The fraction of sp³-hybridized carbons (Fsp3) is 0.250. The highest BCUT2D eigenvalue weighted by Crippen LogP contribution is 2.65. The van der Waals surface area contributed by atoms with Gasteiger partial charge in [-0.2, -0.15) is 0 Å². The Kier molecular flexibility index (Phi) is 1.66. The Labute approximate surface area is 68.8 Å². The summed E-state index contributed by atoms with van der Waals surface area (Å²) in [6.45, 7) is 2.12. The van der Waals surface area contributed by atoms with Crippen LogP contribution in [0.25, 0.3) is 0 Å². The molecular formula is C8H8S2. The molecule has 1 aromatic carbocycles. The van der Waals surface area contributed by atoms with Gasteiger partial charge in [0.2, 0.25) is 0 Å². The van der Waals surface area contributed by atoms with E-state index in [4.69, 9.17) is 0 Å². The molecule has 2 heteroatoms. The molecule has 1 heterocycles. The number of rotatable bonds is 1. The van der Waals surface area contributed by atoms with E-state index in [1.807, 2.05) is 21.6 Å². The van der Waals surface area contributed by atoms with Crippen LogP contribution in [0.4, 0.5) is 0 Å². The van der Waals surface area contributed by atoms with Crippen molar-refractivity contribution in [1.82, 2.24) is 0 Å². The third kappa shape index (κ3) is 1.32. The van der Waals surface area contributed by atoms with Crippen LogP contribution in [0.3, 0.4) is 0 Å². The van der Waals surface area contributed by atoms with E-state index < -0.39 is 0 Å². The van der Waals surface area contributed by atoms with Crippen LogP contribution in [0.1, 0.15) is 15.7 Å². The van der Waals surface area contributed by atoms with Gasteiger partial charge in [0.25, 0.3) is 0 Å². The molecule has 0 atom stereocenters. The predicted molar refractivity (Wildman–Crippen MR) is 49.1 cm³/mol. The molecule has 0 aromatic heterocycles. The van der Waals surface area contributed by atoms with Gasteiger partial charge in [0.05, 0.1) is 4.58 Å². The van der Waals surface area contributed by atoms with Gasteiger partial charge in [0.1, 0.15) is 0 Å². The molecule has 0 aliphatic carbocycles. The molecule has 10 heavy (non-hydrogen) atoms. The van der Waals surface area contributed by atoms with E-state index in [-0.39, 0.29) is 0 Å². The van der Waals surface area contributed by atoms with Crippen molar-refractivity contribution in [2.24, 2.45) is 0 Å². The van der Waals surface area contributed by atoms with Crippen LogP contribution in [0.2, 0.25) is 0 Å². The Bertz CT molecular complexity index is 224. The molecule has 0 radical (unpaired) electrons. The van der Waals surface area contributed by atoms with Crippen LogP contribution in [0, 0.1) is 6.92 Å². The molecule has 0 N–H and O–H groups in total. The molecule has 0 saturated carbocycles. The minimum Gasteiger partial charge on any atom is -0.0724 e. The van der Waals surface area contributed by atoms with Gasteiger partial charge >= 0.3 is 0 Å². The summed E-state index contributed by atoms with van der Waals surface area (Å²) in [5.41, 5.74) is 2.81. The quantitative estimate of drug-likeness (QED) is 0.465. The zero-order valence-electron chi connectivity index (χ0n) is 5.70. The fourth-order valence-corrected chi connectivity index (χ4v) is 2.29. The van der Waals surface area contributed by atoms with Gasteiger partial charge in [-0.3, -0.25) is 0 Å².